The molecule has 0 spiro atoms. The van der Waals surface area contributed by atoms with Crippen LogP contribution in [0.1, 0.15) is 109 Å². The lowest BCUT2D eigenvalue weighted by Crippen LogP contribution is -2.33. The van der Waals surface area contributed by atoms with Crippen LogP contribution in [0.25, 0.3) is 68.1 Å². The van der Waals surface area contributed by atoms with Crippen LogP contribution in [0.5, 0.6) is 0 Å². The number of hydrogen-bond donors (Lipinski definition) is 7. The van der Waals surface area contributed by atoms with Gasteiger partial charge < -0.3 is 48.5 Å². The predicted octanol–water partition coefficient (Wildman–Crippen LogP) is 12.0. The van der Waals surface area contributed by atoms with Crippen LogP contribution in [0.2, 0.25) is 0 Å². The Bertz CT molecular complexity index is 4520. The van der Waals surface area contributed by atoms with Gasteiger partial charge in [-0.3, -0.25) is 58.5 Å². The van der Waals surface area contributed by atoms with Crippen LogP contribution in [0.3, 0.4) is 0 Å². The van der Waals surface area contributed by atoms with E-state index in [4.69, 9.17) is 37.4 Å². The van der Waals surface area contributed by atoms with Gasteiger partial charge in [0.1, 0.15) is 51.4 Å². The number of rotatable bonds is 21. The molecule has 7 N–H and O–H groups in total. The van der Waals surface area contributed by atoms with Crippen molar-refractivity contribution in [2.24, 2.45) is 0 Å². The molecule has 3 aliphatic carbocycles. The van der Waals surface area contributed by atoms with Crippen molar-refractivity contribution in [3.63, 3.8) is 0 Å². The van der Waals surface area contributed by atoms with Gasteiger partial charge >= 0.3 is 0 Å². The van der Waals surface area contributed by atoms with E-state index >= 15 is 0 Å². The summed E-state index contributed by atoms with van der Waals surface area (Å²) < 4.78 is 96.1. The number of pyridine rings is 3. The van der Waals surface area contributed by atoms with E-state index in [1.807, 2.05) is 20.8 Å². The second-order valence-electron chi connectivity index (χ2n) is 22.8. The number of ether oxygens (including phenoxy) is 3. The van der Waals surface area contributed by atoms with Crippen LogP contribution in [0.15, 0.2) is 154 Å². The minimum Gasteiger partial charge on any atom is -0.483 e. The van der Waals surface area contributed by atoms with E-state index in [0.717, 1.165) is 61.8 Å². The van der Waals surface area contributed by atoms with Crippen molar-refractivity contribution in [3.05, 3.63) is 182 Å². The fourth-order valence-corrected chi connectivity index (χ4v) is 11.2. The van der Waals surface area contributed by atoms with Gasteiger partial charge in [0, 0.05) is 69.4 Å². The Kier molecular flexibility index (Phi) is 21.1. The molecule has 0 atom stereocenters. The van der Waals surface area contributed by atoms with Crippen LogP contribution >= 0.6 is 0 Å². The maximum absolute atomic E-state index is 14.5. The van der Waals surface area contributed by atoms with E-state index in [1.165, 1.54) is 42.7 Å². The summed E-state index contributed by atoms with van der Waals surface area (Å²) in [6.07, 6.45) is 22.9. The molecule has 12 heterocycles. The summed E-state index contributed by atoms with van der Waals surface area (Å²) in [7, 11) is 0. The number of aromatic nitrogens is 15. The fraction of sp³-hybridized carbons (Fsp3) is 0.269. The van der Waals surface area contributed by atoms with Gasteiger partial charge in [-0.25, -0.2) is 18.2 Å². The van der Waals surface area contributed by atoms with E-state index in [-0.39, 0.29) is 100 Å². The molecule has 15 rings (SSSR count). The first-order valence-electron chi connectivity index (χ1n) is 31.6. The SMILES string of the molecule is CCOC1CC(n2cc(NC(=O)c3ccc(-c4cn[nH]c4)o3)c(-c3nc(F)ccc3F)n2)C1.CCOC1CC(n2cc(NC(=O)c3ccc(-c4cn[nH]c4)o3)c(-c3ncccc3F)n2)C1.CCOC1CC(n2cc(NC(=O)c3ccc(-c4cn[nH]c4)o3)c(-c3ncccc3F)n2)C1.O=CO. The van der Waals surface area contributed by atoms with Gasteiger partial charge in [0.15, 0.2) is 34.7 Å². The minimum absolute atomic E-state index is 0.0129. The van der Waals surface area contributed by atoms with Crippen molar-refractivity contribution < 1.29 is 69.3 Å². The fourth-order valence-electron chi connectivity index (χ4n) is 11.2. The van der Waals surface area contributed by atoms with Gasteiger partial charge in [-0.2, -0.15) is 35.0 Å². The van der Waals surface area contributed by atoms with Crippen LogP contribution < -0.4 is 16.0 Å². The van der Waals surface area contributed by atoms with Crippen molar-refractivity contribution in [1.29, 1.82) is 0 Å². The first-order chi connectivity index (χ1) is 48.7. The number of H-pyrrole nitrogens is 3. The number of furan rings is 3. The highest BCUT2D eigenvalue weighted by Gasteiger charge is 2.36. The molecule has 29 nitrogen and oxygen atoms in total. The zero-order valence-electron chi connectivity index (χ0n) is 53.6. The van der Waals surface area contributed by atoms with Gasteiger partial charge in [0.05, 0.1) is 88.8 Å². The first kappa shape index (κ1) is 68.0. The quantitative estimate of drug-likeness (QED) is 0.0200. The number of nitrogens with one attached hydrogen (secondary N) is 6. The Labute approximate surface area is 564 Å². The molecule has 3 amide bonds. The number of carbonyl (C=O) groups is 4. The number of halogens is 4. The second-order valence-corrected chi connectivity index (χ2v) is 22.8. The van der Waals surface area contributed by atoms with Gasteiger partial charge in [-0.15, -0.1) is 0 Å². The topological polar surface area (TPSA) is 370 Å². The lowest BCUT2D eigenvalue weighted by Gasteiger charge is -2.34. The number of nitrogens with zero attached hydrogens (tertiary/aromatic N) is 12. The molecule has 3 fully saturated rings. The van der Waals surface area contributed by atoms with Crippen LogP contribution in [0.4, 0.5) is 34.6 Å². The average Bonchev–Trinajstić information content (AvgIpc) is 1.65. The van der Waals surface area contributed by atoms with Crippen LogP contribution in [-0.2, 0) is 19.0 Å². The van der Waals surface area contributed by atoms with Gasteiger partial charge in [-0.1, -0.05) is 0 Å². The summed E-state index contributed by atoms with van der Waals surface area (Å²) in [5.74, 6) is -2.42. The van der Waals surface area contributed by atoms with Crippen molar-refractivity contribution in [2.75, 3.05) is 35.8 Å². The van der Waals surface area contributed by atoms with Crippen molar-refractivity contribution >= 4 is 41.3 Å². The third kappa shape index (κ3) is 15.5. The smallest absolute Gasteiger partial charge is 0.291 e. The highest BCUT2D eigenvalue weighted by molar-refractivity contribution is 6.06. The number of aromatic amines is 3. The van der Waals surface area contributed by atoms with E-state index < -0.39 is 41.1 Å². The molecular weight excluding hydrogens is 1310 g/mol. The van der Waals surface area contributed by atoms with Gasteiger partial charge in [0.25, 0.3) is 24.2 Å². The highest BCUT2D eigenvalue weighted by atomic mass is 19.1. The molecule has 3 aliphatic rings. The number of amides is 3. The molecule has 12 aromatic heterocycles. The molecule has 0 bridgehead atoms. The van der Waals surface area contributed by atoms with E-state index in [0.29, 0.717) is 54.0 Å². The Morgan fingerprint density at radius 3 is 1.14 bits per heavy atom. The molecule has 0 aliphatic heterocycles. The van der Waals surface area contributed by atoms with E-state index in [9.17, 15) is 31.9 Å². The van der Waals surface area contributed by atoms with E-state index in [1.54, 1.807) is 100 Å². The number of anilines is 3. The third-order valence-electron chi connectivity index (χ3n) is 16.3. The predicted molar refractivity (Wildman–Crippen MR) is 349 cm³/mol. The lowest BCUT2D eigenvalue weighted by molar-refractivity contribution is -0.122. The Morgan fingerprint density at radius 1 is 0.500 bits per heavy atom. The Balaban J connectivity index is 0.000000139. The largest absolute Gasteiger partial charge is 0.483 e. The molecule has 0 unspecified atom stereocenters. The summed E-state index contributed by atoms with van der Waals surface area (Å²) in [5.41, 5.74) is 3.44. The first-order valence-corrected chi connectivity index (χ1v) is 31.6. The maximum Gasteiger partial charge on any atom is 0.291 e. The summed E-state index contributed by atoms with van der Waals surface area (Å²) in [6.45, 7) is 7.54. The molecule has 0 saturated heterocycles. The van der Waals surface area contributed by atoms with Crippen molar-refractivity contribution in [2.45, 2.75) is 95.7 Å². The standard InChI is InChI=1S/C22H20F2N6O3.2C22H21FN6O3.CH2O2/c1-2-32-14-7-13(8-14)30-11-16(21(29-30)20-15(23)3-6-19(24)28-20)27-22(31)18-5-4-17(33-18)12-9-25-26-10-12;2*1-2-31-15-8-14(9-15)29-12-17(21(28-29)20-16(23)4-3-7-24-20)27-22(30)19-6-5-18(32-19)13-10-25-26-11-13;2-1-3/h3-6,9-11,13-14H,2,7-8H2,1H3,(H,25,26)(H,27,31);2*3-7,10-12,14-15H,2,8-9H2,1H3,(H,25,26)(H,27,30);1H,(H,2,3). The maximum atomic E-state index is 14.5. The average molecular weight is 1370 g/mol. The van der Waals surface area contributed by atoms with E-state index in [2.05, 4.69) is 76.8 Å². The van der Waals surface area contributed by atoms with Gasteiger partial charge in [0.2, 0.25) is 5.95 Å². The molecule has 516 valence electrons. The monoisotopic (exact) mass is 1370 g/mol. The Hall–Kier alpha value is -12.0. The zero-order valence-corrected chi connectivity index (χ0v) is 53.6. The normalized spacial score (nSPS) is 17.4. The van der Waals surface area contributed by atoms with Crippen LogP contribution in [-0.4, -0.2) is 142 Å². The number of carbonyl (C=O) groups excluding carboxylic acids is 3. The van der Waals surface area contributed by atoms with Gasteiger partial charge in [-0.05, 0) is 132 Å². The minimum atomic E-state index is -0.853. The lowest BCUT2D eigenvalue weighted by atomic mass is 9.89. The molecular formula is C67H64F4N18O11. The summed E-state index contributed by atoms with van der Waals surface area (Å²) in [6, 6.07) is 17.4. The summed E-state index contributed by atoms with van der Waals surface area (Å²) in [4.78, 5) is 58.9. The molecule has 0 radical (unpaired) electrons. The zero-order chi connectivity index (χ0) is 69.8. The van der Waals surface area contributed by atoms with Crippen molar-refractivity contribution in [1.82, 2.24) is 74.9 Å². The molecule has 33 heteroatoms. The molecule has 12 aromatic rings. The Morgan fingerprint density at radius 2 is 0.830 bits per heavy atom. The molecule has 3 saturated carbocycles. The third-order valence-corrected chi connectivity index (χ3v) is 16.3. The van der Waals surface area contributed by atoms with Crippen LogP contribution in [0, 0.1) is 23.4 Å². The molecule has 0 aromatic carbocycles. The number of hydrogen-bond acceptors (Lipinski definition) is 19. The van der Waals surface area contributed by atoms with Crippen molar-refractivity contribution in [3.8, 4) is 68.1 Å². The molecule has 100 heavy (non-hydrogen) atoms. The number of carboxylic acid groups (broad SMARTS) is 1. The summed E-state index contributed by atoms with van der Waals surface area (Å²) in [5, 5.41) is 48.4. The highest BCUT2D eigenvalue weighted by Crippen LogP contribution is 2.41. The summed E-state index contributed by atoms with van der Waals surface area (Å²) >= 11 is 0. The second kappa shape index (κ2) is 31.1.